The van der Waals surface area contributed by atoms with Gasteiger partial charge in [-0.3, -0.25) is 14.7 Å². The second kappa shape index (κ2) is 6.65. The molecule has 1 aromatic heterocycles. The molecule has 3 rings (SSSR count). The summed E-state index contributed by atoms with van der Waals surface area (Å²) < 4.78 is 5.66. The highest BCUT2D eigenvalue weighted by Crippen LogP contribution is 2.39. The number of terminal acetylenes is 1. The zero-order valence-corrected chi connectivity index (χ0v) is 13.8. The first-order valence-electron chi connectivity index (χ1n) is 7.80. The van der Waals surface area contributed by atoms with E-state index in [0.717, 1.165) is 0 Å². The van der Waals surface area contributed by atoms with Gasteiger partial charge in [0.05, 0.1) is 6.61 Å². The van der Waals surface area contributed by atoms with E-state index in [0.29, 0.717) is 29.9 Å². The van der Waals surface area contributed by atoms with Crippen molar-refractivity contribution >= 4 is 11.9 Å². The minimum absolute atomic E-state index is 0.167. The number of carbonyl (C=O) groups is 1. The van der Waals surface area contributed by atoms with Crippen molar-refractivity contribution in [1.82, 2.24) is 9.88 Å². The maximum Gasteiger partial charge on any atom is 0.266 e. The van der Waals surface area contributed by atoms with Gasteiger partial charge in [0, 0.05) is 25.9 Å². The van der Waals surface area contributed by atoms with Crippen LogP contribution in [0.25, 0.3) is 0 Å². The monoisotopic (exact) mass is 334 g/mol. The molecule has 0 radical (unpaired) electrons. The number of rotatable bonds is 5. The third-order valence-electron chi connectivity index (χ3n) is 4.11. The van der Waals surface area contributed by atoms with E-state index in [-0.39, 0.29) is 11.9 Å². The van der Waals surface area contributed by atoms with Gasteiger partial charge in [-0.1, -0.05) is 12.1 Å². The van der Waals surface area contributed by atoms with Crippen LogP contribution >= 0.6 is 0 Å². The molecule has 0 saturated carbocycles. The smallest absolute Gasteiger partial charge is 0.266 e. The standard InChI is InChI=1S/C19H18N4O2/c1-3-4-12-25-16-7-5-6-15(13-16)19(14-8-10-21-11-9-14)17(24)23(2)18(20)22-19/h1,5-11,13H,4,12H2,2H3,(H2,20,22). The highest BCUT2D eigenvalue weighted by Gasteiger charge is 2.49. The van der Waals surface area contributed by atoms with E-state index in [4.69, 9.17) is 16.9 Å². The molecule has 6 heteroatoms. The first-order valence-corrected chi connectivity index (χ1v) is 7.80. The Hall–Kier alpha value is -3.33. The highest BCUT2D eigenvalue weighted by atomic mass is 16.5. The molecular weight excluding hydrogens is 316 g/mol. The van der Waals surface area contributed by atoms with Crippen LogP contribution in [0.1, 0.15) is 17.5 Å². The van der Waals surface area contributed by atoms with Crippen molar-refractivity contribution in [3.8, 4) is 18.1 Å². The lowest BCUT2D eigenvalue weighted by Crippen LogP contribution is -2.41. The van der Waals surface area contributed by atoms with Crippen LogP contribution in [0, 0.1) is 12.3 Å². The number of hydrogen-bond acceptors (Lipinski definition) is 5. The van der Waals surface area contributed by atoms with Crippen molar-refractivity contribution in [3.05, 3.63) is 59.9 Å². The first kappa shape index (κ1) is 16.5. The lowest BCUT2D eigenvalue weighted by atomic mass is 9.83. The van der Waals surface area contributed by atoms with Gasteiger partial charge in [-0.25, -0.2) is 4.99 Å². The maximum atomic E-state index is 13.1. The summed E-state index contributed by atoms with van der Waals surface area (Å²) >= 11 is 0. The molecule has 0 aliphatic carbocycles. The lowest BCUT2D eigenvalue weighted by Gasteiger charge is -2.26. The predicted octanol–water partition coefficient (Wildman–Crippen LogP) is 1.51. The number of benzene rings is 1. The van der Waals surface area contributed by atoms with Crippen LogP contribution in [0.2, 0.25) is 0 Å². The summed E-state index contributed by atoms with van der Waals surface area (Å²) in [5.41, 5.74) is 6.07. The number of hydrogen-bond donors (Lipinski definition) is 1. The molecule has 6 nitrogen and oxygen atoms in total. The molecule has 25 heavy (non-hydrogen) atoms. The minimum Gasteiger partial charge on any atom is -0.493 e. The number of pyridine rings is 1. The molecule has 0 spiro atoms. The molecule has 0 bridgehead atoms. The molecular formula is C19H18N4O2. The number of amides is 1. The van der Waals surface area contributed by atoms with E-state index in [1.54, 1.807) is 37.6 Å². The summed E-state index contributed by atoms with van der Waals surface area (Å²) in [4.78, 5) is 22.9. The van der Waals surface area contributed by atoms with Crippen molar-refractivity contribution in [2.75, 3.05) is 13.7 Å². The van der Waals surface area contributed by atoms with E-state index in [9.17, 15) is 4.79 Å². The molecule has 1 aliphatic rings. The summed E-state index contributed by atoms with van der Waals surface area (Å²) in [7, 11) is 1.61. The number of likely N-dealkylation sites (N-methyl/N-ethyl adjacent to an activating group) is 1. The number of aliphatic imine (C=N–C) groups is 1. The molecule has 1 atom stereocenters. The average molecular weight is 334 g/mol. The van der Waals surface area contributed by atoms with Crippen molar-refractivity contribution in [2.24, 2.45) is 10.7 Å². The van der Waals surface area contributed by atoms with Crippen LogP contribution in [0.3, 0.4) is 0 Å². The van der Waals surface area contributed by atoms with Gasteiger partial charge in [0.2, 0.25) is 0 Å². The Morgan fingerprint density at radius 1 is 1.28 bits per heavy atom. The second-order valence-electron chi connectivity index (χ2n) is 5.61. The van der Waals surface area contributed by atoms with Crippen LogP contribution in [-0.2, 0) is 10.3 Å². The third-order valence-corrected chi connectivity index (χ3v) is 4.11. The third kappa shape index (κ3) is 2.81. The molecule has 126 valence electrons. The number of aromatic nitrogens is 1. The fraction of sp³-hybridized carbons (Fsp3) is 0.211. The fourth-order valence-corrected chi connectivity index (χ4v) is 2.82. The van der Waals surface area contributed by atoms with Crippen LogP contribution in [0.4, 0.5) is 0 Å². The topological polar surface area (TPSA) is 80.8 Å². The van der Waals surface area contributed by atoms with Gasteiger partial charge in [-0.15, -0.1) is 12.3 Å². The Balaban J connectivity index is 2.10. The summed E-state index contributed by atoms with van der Waals surface area (Å²) in [5, 5.41) is 0. The molecule has 1 aromatic carbocycles. The molecule has 1 aliphatic heterocycles. The van der Waals surface area contributed by atoms with Gasteiger partial charge in [0.15, 0.2) is 11.5 Å². The van der Waals surface area contributed by atoms with E-state index in [2.05, 4.69) is 15.9 Å². The Kier molecular flexibility index (Phi) is 4.40. The van der Waals surface area contributed by atoms with Crippen molar-refractivity contribution in [2.45, 2.75) is 12.0 Å². The second-order valence-corrected chi connectivity index (χ2v) is 5.61. The van der Waals surface area contributed by atoms with Gasteiger partial charge < -0.3 is 10.5 Å². The van der Waals surface area contributed by atoms with Crippen LogP contribution < -0.4 is 10.5 Å². The summed E-state index contributed by atoms with van der Waals surface area (Å²) in [6.07, 6.45) is 9.01. The molecule has 0 fully saturated rings. The largest absolute Gasteiger partial charge is 0.493 e. The number of ether oxygens (including phenoxy) is 1. The lowest BCUT2D eigenvalue weighted by molar-refractivity contribution is -0.129. The minimum atomic E-state index is -1.24. The maximum absolute atomic E-state index is 13.1. The van der Waals surface area contributed by atoms with Gasteiger partial charge >= 0.3 is 0 Å². The first-order chi connectivity index (χ1) is 12.1. The Morgan fingerprint density at radius 3 is 2.68 bits per heavy atom. The van der Waals surface area contributed by atoms with E-state index in [1.807, 2.05) is 18.2 Å². The highest BCUT2D eigenvalue weighted by molar-refractivity contribution is 6.08. The number of nitrogens with two attached hydrogens (primary N) is 1. The predicted molar refractivity (Wildman–Crippen MR) is 94.8 cm³/mol. The van der Waals surface area contributed by atoms with Gasteiger partial charge in [0.1, 0.15) is 5.75 Å². The van der Waals surface area contributed by atoms with Crippen LogP contribution in [-0.4, -0.2) is 35.4 Å². The number of nitrogens with zero attached hydrogens (tertiary/aromatic N) is 3. The summed E-state index contributed by atoms with van der Waals surface area (Å²) in [6.45, 7) is 0.404. The fourth-order valence-electron chi connectivity index (χ4n) is 2.82. The van der Waals surface area contributed by atoms with E-state index in [1.165, 1.54) is 4.90 Å². The molecule has 2 aromatic rings. The van der Waals surface area contributed by atoms with Gasteiger partial charge in [-0.05, 0) is 35.4 Å². The van der Waals surface area contributed by atoms with E-state index >= 15 is 0 Å². The normalized spacial score (nSPS) is 19.4. The van der Waals surface area contributed by atoms with Gasteiger partial charge in [0.25, 0.3) is 5.91 Å². The Morgan fingerprint density at radius 2 is 2.04 bits per heavy atom. The zero-order chi connectivity index (χ0) is 17.9. The molecule has 2 heterocycles. The summed E-state index contributed by atoms with van der Waals surface area (Å²) in [5.74, 6) is 3.09. The quantitative estimate of drug-likeness (QED) is 0.664. The van der Waals surface area contributed by atoms with Crippen molar-refractivity contribution in [3.63, 3.8) is 0 Å². The molecule has 0 saturated heterocycles. The molecule has 1 unspecified atom stereocenters. The number of carbonyl (C=O) groups excluding carboxylic acids is 1. The van der Waals surface area contributed by atoms with Gasteiger partial charge in [-0.2, -0.15) is 0 Å². The summed E-state index contributed by atoms with van der Waals surface area (Å²) in [6, 6.07) is 10.8. The van der Waals surface area contributed by atoms with Crippen LogP contribution in [0.5, 0.6) is 5.75 Å². The van der Waals surface area contributed by atoms with Crippen LogP contribution in [0.15, 0.2) is 53.8 Å². The molecule has 2 N–H and O–H groups in total. The van der Waals surface area contributed by atoms with E-state index < -0.39 is 5.54 Å². The SMILES string of the molecule is C#CCCOc1cccc(C2(c3ccncc3)N=C(N)N(C)C2=O)c1. The Bertz CT molecular complexity index is 857. The molecule has 1 amide bonds. The number of guanidine groups is 1. The van der Waals surface area contributed by atoms with Crippen molar-refractivity contribution in [1.29, 1.82) is 0 Å². The average Bonchev–Trinajstić information content (AvgIpc) is 2.88. The van der Waals surface area contributed by atoms with Crippen molar-refractivity contribution < 1.29 is 9.53 Å². The zero-order valence-electron chi connectivity index (χ0n) is 13.8. The Labute approximate surface area is 146 Å².